The highest BCUT2D eigenvalue weighted by atomic mass is 15.4. The topological polar surface area (TPSA) is 30.7 Å². The van der Waals surface area contributed by atoms with Crippen LogP contribution in [0.25, 0.3) is 0 Å². The van der Waals surface area contributed by atoms with Gasteiger partial charge in [-0.3, -0.25) is 0 Å². The van der Waals surface area contributed by atoms with Gasteiger partial charge in [0.05, 0.1) is 12.2 Å². The molecule has 154 valence electrons. The van der Waals surface area contributed by atoms with Crippen LogP contribution >= 0.6 is 0 Å². The first kappa shape index (κ1) is 21.3. The Hall–Kier alpha value is -2.42. The summed E-state index contributed by atoms with van der Waals surface area (Å²) in [6, 6.07) is 0. The van der Waals surface area contributed by atoms with E-state index in [4.69, 9.17) is 0 Å². The lowest BCUT2D eigenvalue weighted by atomic mass is 9.88. The lowest BCUT2D eigenvalue weighted by molar-refractivity contribution is 0.643. The fourth-order valence-corrected chi connectivity index (χ4v) is 4.50. The van der Waals surface area contributed by atoms with Crippen LogP contribution in [0.15, 0.2) is 6.20 Å². The van der Waals surface area contributed by atoms with Crippen molar-refractivity contribution in [2.75, 3.05) is 0 Å². The van der Waals surface area contributed by atoms with Crippen LogP contribution in [-0.4, -0.2) is 15.0 Å². The lowest BCUT2D eigenvalue weighted by Gasteiger charge is -2.18. The molecule has 0 fully saturated rings. The van der Waals surface area contributed by atoms with Crippen molar-refractivity contribution in [2.24, 2.45) is 0 Å². The zero-order chi connectivity index (χ0) is 21.6. The second-order valence-electron chi connectivity index (χ2n) is 8.79. The third-order valence-electron chi connectivity index (χ3n) is 7.57. The fraction of sp³-hybridized carbons (Fsp3) is 0.462. The van der Waals surface area contributed by atoms with Gasteiger partial charge in [0.1, 0.15) is 0 Å². The first-order valence-electron chi connectivity index (χ1n) is 10.5. The van der Waals surface area contributed by atoms with Gasteiger partial charge in [-0.05, 0) is 136 Å². The van der Waals surface area contributed by atoms with Gasteiger partial charge in [0.15, 0.2) is 0 Å². The molecule has 3 aromatic rings. The van der Waals surface area contributed by atoms with Crippen molar-refractivity contribution in [3.05, 3.63) is 78.7 Å². The molecule has 0 bridgehead atoms. The van der Waals surface area contributed by atoms with E-state index in [1.807, 2.05) is 4.68 Å². The first-order chi connectivity index (χ1) is 13.5. The Bertz CT molecular complexity index is 956. The Kier molecular flexibility index (Phi) is 5.71. The lowest BCUT2D eigenvalue weighted by Crippen LogP contribution is -2.08. The molecule has 3 heteroatoms. The van der Waals surface area contributed by atoms with Crippen LogP contribution in [0.3, 0.4) is 0 Å². The normalized spacial score (nSPS) is 11.4. The standard InChI is InChI=1S/C26H35N3/c1-14-16(3)20(7)25(21(8)17(14)4)11-24-12-29(28-27-24)13-26-22(9)18(5)15(2)19(6)23(26)10/h12H,11,13H2,1-10H3. The molecule has 0 saturated carbocycles. The number of hydrogen-bond acceptors (Lipinski definition) is 2. The summed E-state index contributed by atoms with van der Waals surface area (Å²) < 4.78 is 2.00. The van der Waals surface area contributed by atoms with Crippen molar-refractivity contribution in [2.45, 2.75) is 82.2 Å². The maximum atomic E-state index is 4.51. The Labute approximate surface area is 176 Å². The summed E-state index contributed by atoms with van der Waals surface area (Å²) in [5.41, 5.74) is 17.7. The average molecular weight is 390 g/mol. The van der Waals surface area contributed by atoms with Crippen molar-refractivity contribution >= 4 is 0 Å². The number of aromatic nitrogens is 3. The molecule has 1 aromatic heterocycles. The van der Waals surface area contributed by atoms with E-state index < -0.39 is 0 Å². The Morgan fingerprint density at radius 3 is 1.38 bits per heavy atom. The summed E-state index contributed by atoms with van der Waals surface area (Å²) in [6.45, 7) is 23.0. The predicted molar refractivity (Wildman–Crippen MR) is 122 cm³/mol. The summed E-state index contributed by atoms with van der Waals surface area (Å²) in [4.78, 5) is 0. The van der Waals surface area contributed by atoms with Gasteiger partial charge in [-0.1, -0.05) is 5.21 Å². The summed E-state index contributed by atoms with van der Waals surface area (Å²) in [5, 5.41) is 8.97. The molecule has 0 aliphatic heterocycles. The minimum Gasteiger partial charge on any atom is -0.248 e. The largest absolute Gasteiger partial charge is 0.248 e. The third kappa shape index (κ3) is 3.63. The van der Waals surface area contributed by atoms with Crippen molar-refractivity contribution in [1.82, 2.24) is 15.0 Å². The molecule has 0 amide bonds. The molecule has 2 aromatic carbocycles. The Balaban J connectivity index is 1.93. The van der Waals surface area contributed by atoms with E-state index in [2.05, 4.69) is 85.7 Å². The quantitative estimate of drug-likeness (QED) is 0.548. The van der Waals surface area contributed by atoms with Crippen molar-refractivity contribution in [1.29, 1.82) is 0 Å². The third-order valence-corrected chi connectivity index (χ3v) is 7.57. The van der Waals surface area contributed by atoms with Crippen LogP contribution in [-0.2, 0) is 13.0 Å². The highest BCUT2D eigenvalue weighted by Crippen LogP contribution is 2.28. The van der Waals surface area contributed by atoms with Crippen molar-refractivity contribution < 1.29 is 0 Å². The van der Waals surface area contributed by atoms with E-state index in [1.54, 1.807) is 0 Å². The second-order valence-corrected chi connectivity index (χ2v) is 8.79. The summed E-state index contributed by atoms with van der Waals surface area (Å²) in [7, 11) is 0. The van der Waals surface area contributed by atoms with E-state index in [9.17, 15) is 0 Å². The summed E-state index contributed by atoms with van der Waals surface area (Å²) in [5.74, 6) is 0. The highest BCUT2D eigenvalue weighted by molar-refractivity contribution is 5.51. The predicted octanol–water partition coefficient (Wildman–Crippen LogP) is 6.00. The molecular formula is C26H35N3. The molecule has 1 heterocycles. The van der Waals surface area contributed by atoms with E-state index in [1.165, 1.54) is 66.8 Å². The van der Waals surface area contributed by atoms with E-state index in [0.717, 1.165) is 18.7 Å². The van der Waals surface area contributed by atoms with Gasteiger partial charge >= 0.3 is 0 Å². The van der Waals surface area contributed by atoms with Crippen LogP contribution in [0, 0.1) is 69.2 Å². The van der Waals surface area contributed by atoms with Crippen molar-refractivity contribution in [3.8, 4) is 0 Å². The number of benzene rings is 2. The molecule has 29 heavy (non-hydrogen) atoms. The molecule has 0 atom stereocenters. The molecule has 0 saturated heterocycles. The molecule has 0 N–H and O–H groups in total. The van der Waals surface area contributed by atoms with Crippen molar-refractivity contribution in [3.63, 3.8) is 0 Å². The van der Waals surface area contributed by atoms with Crippen LogP contribution in [0.5, 0.6) is 0 Å². The molecule has 0 aliphatic rings. The average Bonchev–Trinajstić information content (AvgIpc) is 3.15. The zero-order valence-electron chi connectivity index (χ0n) is 19.8. The van der Waals surface area contributed by atoms with E-state index >= 15 is 0 Å². The second kappa shape index (κ2) is 7.78. The summed E-state index contributed by atoms with van der Waals surface area (Å²) >= 11 is 0. The smallest absolute Gasteiger partial charge is 0.0871 e. The number of hydrogen-bond donors (Lipinski definition) is 0. The summed E-state index contributed by atoms with van der Waals surface area (Å²) in [6.07, 6.45) is 2.95. The van der Waals surface area contributed by atoms with E-state index in [0.29, 0.717) is 0 Å². The SMILES string of the molecule is Cc1c(C)c(C)c(Cc2cn(Cc3c(C)c(C)c(C)c(C)c3C)nn2)c(C)c1C. The molecule has 0 radical (unpaired) electrons. The van der Waals surface area contributed by atoms with Gasteiger partial charge in [0.25, 0.3) is 0 Å². The number of nitrogens with zero attached hydrogens (tertiary/aromatic N) is 3. The zero-order valence-corrected chi connectivity index (χ0v) is 19.8. The maximum absolute atomic E-state index is 4.51. The highest BCUT2D eigenvalue weighted by Gasteiger charge is 2.16. The molecule has 0 spiro atoms. The molecule has 0 aliphatic carbocycles. The Morgan fingerprint density at radius 2 is 0.931 bits per heavy atom. The van der Waals surface area contributed by atoms with Crippen LogP contribution < -0.4 is 0 Å². The van der Waals surface area contributed by atoms with Crippen LogP contribution in [0.2, 0.25) is 0 Å². The Morgan fingerprint density at radius 1 is 0.552 bits per heavy atom. The molecule has 3 rings (SSSR count). The molecule has 0 unspecified atom stereocenters. The monoisotopic (exact) mass is 389 g/mol. The van der Waals surface area contributed by atoms with Gasteiger partial charge in [-0.15, -0.1) is 5.10 Å². The maximum Gasteiger partial charge on any atom is 0.0871 e. The van der Waals surface area contributed by atoms with Gasteiger partial charge in [-0.25, -0.2) is 4.68 Å². The minimum absolute atomic E-state index is 0.774. The van der Waals surface area contributed by atoms with E-state index in [-0.39, 0.29) is 0 Å². The number of rotatable bonds is 4. The van der Waals surface area contributed by atoms with Gasteiger partial charge in [-0.2, -0.15) is 0 Å². The first-order valence-corrected chi connectivity index (χ1v) is 10.5. The van der Waals surface area contributed by atoms with Gasteiger partial charge in [0.2, 0.25) is 0 Å². The van der Waals surface area contributed by atoms with Crippen LogP contribution in [0.4, 0.5) is 0 Å². The minimum atomic E-state index is 0.774. The molecular weight excluding hydrogens is 354 g/mol. The van der Waals surface area contributed by atoms with Gasteiger partial charge < -0.3 is 0 Å². The molecule has 3 nitrogen and oxygen atoms in total. The fourth-order valence-electron chi connectivity index (χ4n) is 4.50. The van der Waals surface area contributed by atoms with Crippen LogP contribution in [0.1, 0.15) is 72.5 Å². The van der Waals surface area contributed by atoms with Gasteiger partial charge in [0, 0.05) is 12.6 Å².